The minimum absolute atomic E-state index is 0.422. The Kier molecular flexibility index (Phi) is 3.97. The Balaban J connectivity index is 2.67. The topological polar surface area (TPSA) is 48.4 Å². The number of hydrogen-bond acceptors (Lipinski definition) is 3. The molecule has 98 valence electrons. The largest absolute Gasteiger partial charge is 0.497 e. The van der Waals surface area contributed by atoms with E-state index < -0.39 is 0 Å². The summed E-state index contributed by atoms with van der Waals surface area (Å²) in [6, 6.07) is 3.92. The van der Waals surface area contributed by atoms with Crippen LogP contribution in [-0.2, 0) is 13.0 Å². The van der Waals surface area contributed by atoms with Crippen LogP contribution in [0, 0.1) is 5.92 Å². The van der Waals surface area contributed by atoms with E-state index in [1.54, 1.807) is 7.11 Å². The molecular weight excluding hydrogens is 294 g/mol. The zero-order valence-corrected chi connectivity index (χ0v) is 12.5. The number of ether oxygens (including phenoxy) is 1. The molecule has 2 N–H and O–H groups in total. The maximum atomic E-state index is 5.85. The van der Waals surface area contributed by atoms with Crippen molar-refractivity contribution in [3.05, 3.63) is 27.9 Å². The maximum Gasteiger partial charge on any atom is 0.149 e. The van der Waals surface area contributed by atoms with Gasteiger partial charge in [0.15, 0.2) is 0 Å². The molecule has 0 saturated heterocycles. The molecule has 0 aliphatic rings. The zero-order chi connectivity index (χ0) is 13.3. The van der Waals surface area contributed by atoms with E-state index in [0.29, 0.717) is 12.5 Å². The molecule has 0 radical (unpaired) electrons. The molecule has 3 nitrogen and oxygen atoms in total. The molecule has 1 aromatic heterocycles. The minimum atomic E-state index is 0.422. The molecule has 2 rings (SSSR count). The minimum Gasteiger partial charge on any atom is -0.497 e. The van der Waals surface area contributed by atoms with Gasteiger partial charge < -0.3 is 14.9 Å². The van der Waals surface area contributed by atoms with E-state index in [4.69, 9.17) is 14.9 Å². The number of furan rings is 1. The second kappa shape index (κ2) is 5.33. The molecule has 1 aromatic carbocycles. The van der Waals surface area contributed by atoms with Gasteiger partial charge in [0.1, 0.15) is 17.1 Å². The van der Waals surface area contributed by atoms with E-state index in [1.165, 1.54) is 5.56 Å². The quantitative estimate of drug-likeness (QED) is 0.932. The summed E-state index contributed by atoms with van der Waals surface area (Å²) in [5.41, 5.74) is 7.82. The van der Waals surface area contributed by atoms with Crippen LogP contribution in [0.2, 0.25) is 0 Å². The Morgan fingerprint density at radius 1 is 1.39 bits per heavy atom. The molecule has 0 saturated carbocycles. The van der Waals surface area contributed by atoms with Crippen LogP contribution in [0.25, 0.3) is 11.0 Å². The summed E-state index contributed by atoms with van der Waals surface area (Å²) < 4.78 is 12.1. The number of rotatable bonds is 4. The molecule has 0 spiro atoms. The smallest absolute Gasteiger partial charge is 0.149 e. The van der Waals surface area contributed by atoms with Crippen molar-refractivity contribution in [3.63, 3.8) is 0 Å². The molecule has 0 unspecified atom stereocenters. The molecule has 0 fully saturated rings. The molecule has 0 aliphatic heterocycles. The normalized spacial score (nSPS) is 11.4. The van der Waals surface area contributed by atoms with Crippen molar-refractivity contribution in [1.82, 2.24) is 0 Å². The van der Waals surface area contributed by atoms with Crippen molar-refractivity contribution >= 4 is 26.9 Å². The first-order valence-corrected chi connectivity index (χ1v) is 6.84. The highest BCUT2D eigenvalue weighted by Gasteiger charge is 2.17. The summed E-state index contributed by atoms with van der Waals surface area (Å²) in [5.74, 6) is 2.25. The van der Waals surface area contributed by atoms with Crippen molar-refractivity contribution < 1.29 is 9.15 Å². The Bertz CT molecular complexity index is 560. The molecule has 0 bridgehead atoms. The van der Waals surface area contributed by atoms with Gasteiger partial charge in [0.2, 0.25) is 0 Å². The zero-order valence-electron chi connectivity index (χ0n) is 10.9. The lowest BCUT2D eigenvalue weighted by Gasteiger charge is -2.06. The molecule has 2 aromatic rings. The van der Waals surface area contributed by atoms with E-state index in [9.17, 15) is 0 Å². The van der Waals surface area contributed by atoms with Crippen molar-refractivity contribution in [2.24, 2.45) is 11.7 Å². The molecule has 1 heterocycles. The monoisotopic (exact) mass is 311 g/mol. The molecule has 0 amide bonds. The number of fused-ring (bicyclic) bond motifs is 1. The van der Waals surface area contributed by atoms with Crippen LogP contribution in [0.4, 0.5) is 0 Å². The lowest BCUT2D eigenvalue weighted by atomic mass is 9.99. The average molecular weight is 312 g/mol. The third-order valence-electron chi connectivity index (χ3n) is 2.94. The van der Waals surface area contributed by atoms with Crippen LogP contribution in [0.15, 0.2) is 21.0 Å². The van der Waals surface area contributed by atoms with E-state index in [-0.39, 0.29) is 0 Å². The molecule has 18 heavy (non-hydrogen) atoms. The van der Waals surface area contributed by atoms with Crippen molar-refractivity contribution in [2.45, 2.75) is 26.8 Å². The van der Waals surface area contributed by atoms with E-state index >= 15 is 0 Å². The van der Waals surface area contributed by atoms with Crippen molar-refractivity contribution in [1.29, 1.82) is 0 Å². The fraction of sp³-hybridized carbons (Fsp3) is 0.429. The summed E-state index contributed by atoms with van der Waals surface area (Å²) in [5, 5.41) is 1.09. The number of hydrogen-bond donors (Lipinski definition) is 1. The van der Waals surface area contributed by atoms with Crippen LogP contribution in [0.5, 0.6) is 5.75 Å². The summed E-state index contributed by atoms with van der Waals surface area (Å²) >= 11 is 3.52. The second-order valence-corrected chi connectivity index (χ2v) is 5.65. The number of halogens is 1. The summed E-state index contributed by atoms with van der Waals surface area (Å²) in [6.45, 7) is 4.80. The highest BCUT2D eigenvalue weighted by molar-refractivity contribution is 9.10. The number of benzene rings is 1. The van der Waals surface area contributed by atoms with Gasteiger partial charge in [-0.15, -0.1) is 0 Å². The SMILES string of the molecule is COc1cc(Br)c2oc(CN)c(CC(C)C)c2c1. The number of nitrogens with two attached hydrogens (primary N) is 1. The van der Waals surface area contributed by atoms with Crippen molar-refractivity contribution in [3.8, 4) is 5.75 Å². The highest BCUT2D eigenvalue weighted by Crippen LogP contribution is 2.36. The van der Waals surface area contributed by atoms with Crippen LogP contribution >= 0.6 is 15.9 Å². The summed E-state index contributed by atoms with van der Waals surface area (Å²) in [4.78, 5) is 0. The Morgan fingerprint density at radius 3 is 2.67 bits per heavy atom. The van der Waals surface area contributed by atoms with Gasteiger partial charge in [-0.3, -0.25) is 0 Å². The van der Waals surface area contributed by atoms with Crippen molar-refractivity contribution in [2.75, 3.05) is 7.11 Å². The van der Waals surface area contributed by atoms with Gasteiger partial charge in [-0.2, -0.15) is 0 Å². The van der Waals surface area contributed by atoms with E-state index in [2.05, 4.69) is 29.8 Å². The van der Waals surface area contributed by atoms with E-state index in [1.807, 2.05) is 12.1 Å². The fourth-order valence-electron chi connectivity index (χ4n) is 2.15. The predicted molar refractivity (Wildman–Crippen MR) is 76.9 cm³/mol. The summed E-state index contributed by atoms with van der Waals surface area (Å²) in [7, 11) is 1.67. The fourth-order valence-corrected chi connectivity index (χ4v) is 2.67. The molecule has 4 heteroatoms. The lowest BCUT2D eigenvalue weighted by molar-refractivity contribution is 0.415. The Hall–Kier alpha value is -1.00. The van der Waals surface area contributed by atoms with Gasteiger partial charge in [0.25, 0.3) is 0 Å². The lowest BCUT2D eigenvalue weighted by Crippen LogP contribution is -2.01. The third-order valence-corrected chi connectivity index (χ3v) is 3.53. The van der Waals surface area contributed by atoms with Crippen LogP contribution in [-0.4, -0.2) is 7.11 Å². The first-order chi connectivity index (χ1) is 8.56. The van der Waals surface area contributed by atoms with Gasteiger partial charge in [-0.25, -0.2) is 0 Å². The van der Waals surface area contributed by atoms with Crippen LogP contribution < -0.4 is 10.5 Å². The van der Waals surface area contributed by atoms with Gasteiger partial charge in [-0.1, -0.05) is 13.8 Å². The van der Waals surface area contributed by atoms with Gasteiger partial charge >= 0.3 is 0 Å². The highest BCUT2D eigenvalue weighted by atomic mass is 79.9. The average Bonchev–Trinajstić information content (AvgIpc) is 2.67. The molecule has 0 aliphatic carbocycles. The first kappa shape index (κ1) is 13.4. The predicted octanol–water partition coefficient (Wildman–Crippen LogP) is 3.86. The van der Waals surface area contributed by atoms with Crippen LogP contribution in [0.3, 0.4) is 0 Å². The van der Waals surface area contributed by atoms with E-state index in [0.717, 1.165) is 33.4 Å². The van der Waals surface area contributed by atoms with Gasteiger partial charge in [0.05, 0.1) is 18.1 Å². The van der Waals surface area contributed by atoms with Crippen LogP contribution in [0.1, 0.15) is 25.2 Å². The number of methoxy groups -OCH3 is 1. The first-order valence-electron chi connectivity index (χ1n) is 6.04. The Labute approximate surface area is 115 Å². The Morgan fingerprint density at radius 2 is 2.11 bits per heavy atom. The second-order valence-electron chi connectivity index (χ2n) is 4.79. The maximum absolute atomic E-state index is 5.85. The van der Waals surface area contributed by atoms with Gasteiger partial charge in [0, 0.05) is 10.9 Å². The molecule has 0 atom stereocenters. The summed E-state index contributed by atoms with van der Waals surface area (Å²) in [6.07, 6.45) is 0.957. The third kappa shape index (κ3) is 2.40. The standard InChI is InChI=1S/C14H18BrNO2/c1-8(2)4-10-11-5-9(17-3)6-12(15)14(11)18-13(10)7-16/h5-6,8H,4,7,16H2,1-3H3. The van der Waals surface area contributed by atoms with Gasteiger partial charge in [-0.05, 0) is 40.4 Å². The molecular formula is C14H18BrNO2.